The second kappa shape index (κ2) is 5.61. The SMILES string of the molecule is CCOC(=O)C#Cc1ccc(F)cc1[N+](=O)[O-]. The van der Waals surface area contributed by atoms with E-state index in [1.54, 1.807) is 6.92 Å². The molecule has 0 aromatic heterocycles. The quantitative estimate of drug-likeness (QED) is 0.339. The van der Waals surface area contributed by atoms with Crippen LogP contribution in [0.1, 0.15) is 12.5 Å². The van der Waals surface area contributed by atoms with Crippen molar-refractivity contribution in [3.05, 3.63) is 39.7 Å². The number of nitro benzene ring substituents is 1. The number of hydrogen-bond donors (Lipinski definition) is 0. The van der Waals surface area contributed by atoms with Crippen LogP contribution >= 0.6 is 0 Å². The van der Waals surface area contributed by atoms with E-state index in [0.717, 1.165) is 18.2 Å². The third-order valence-corrected chi connectivity index (χ3v) is 1.73. The molecule has 0 aliphatic carbocycles. The first kappa shape index (κ1) is 12.6. The van der Waals surface area contributed by atoms with Crippen LogP contribution in [0.3, 0.4) is 0 Å². The molecule has 17 heavy (non-hydrogen) atoms. The summed E-state index contributed by atoms with van der Waals surface area (Å²) in [5.41, 5.74) is -0.522. The Morgan fingerprint density at radius 3 is 2.88 bits per heavy atom. The maximum Gasteiger partial charge on any atom is 0.384 e. The van der Waals surface area contributed by atoms with Crippen molar-refractivity contribution in [2.24, 2.45) is 0 Å². The van der Waals surface area contributed by atoms with Crippen LogP contribution in [-0.2, 0) is 9.53 Å². The van der Waals surface area contributed by atoms with E-state index in [9.17, 15) is 19.3 Å². The van der Waals surface area contributed by atoms with Crippen molar-refractivity contribution in [2.75, 3.05) is 6.61 Å². The number of nitrogens with zero attached hydrogens (tertiary/aromatic N) is 1. The summed E-state index contributed by atoms with van der Waals surface area (Å²) in [7, 11) is 0. The topological polar surface area (TPSA) is 69.4 Å². The van der Waals surface area contributed by atoms with E-state index in [-0.39, 0.29) is 12.2 Å². The highest BCUT2D eigenvalue weighted by atomic mass is 19.1. The van der Waals surface area contributed by atoms with Crippen molar-refractivity contribution >= 4 is 11.7 Å². The van der Waals surface area contributed by atoms with Crippen LogP contribution < -0.4 is 0 Å². The Labute approximate surface area is 96.3 Å². The molecule has 0 bridgehead atoms. The normalized spacial score (nSPS) is 9.06. The van der Waals surface area contributed by atoms with Crippen molar-refractivity contribution in [1.29, 1.82) is 0 Å². The van der Waals surface area contributed by atoms with Crippen molar-refractivity contribution in [1.82, 2.24) is 0 Å². The predicted octanol–water partition coefficient (Wildman–Crippen LogP) is 1.65. The average Bonchev–Trinajstić information content (AvgIpc) is 2.27. The number of halogens is 1. The molecule has 0 N–H and O–H groups in total. The molecule has 0 saturated carbocycles. The summed E-state index contributed by atoms with van der Waals surface area (Å²) < 4.78 is 17.3. The molecule has 0 atom stereocenters. The average molecular weight is 237 g/mol. The molecule has 6 heteroatoms. The molecule has 0 saturated heterocycles. The summed E-state index contributed by atoms with van der Waals surface area (Å²) >= 11 is 0. The lowest BCUT2D eigenvalue weighted by Crippen LogP contribution is -2.00. The molecule has 5 nitrogen and oxygen atoms in total. The second-order valence-electron chi connectivity index (χ2n) is 2.89. The first-order valence-corrected chi connectivity index (χ1v) is 4.67. The highest BCUT2D eigenvalue weighted by molar-refractivity contribution is 5.89. The van der Waals surface area contributed by atoms with E-state index < -0.39 is 22.4 Å². The van der Waals surface area contributed by atoms with Crippen LogP contribution in [0.2, 0.25) is 0 Å². The van der Waals surface area contributed by atoms with E-state index in [0.29, 0.717) is 0 Å². The standard InChI is InChI=1S/C11H8FNO4/c1-2-17-11(14)6-4-8-3-5-9(12)7-10(8)13(15)16/h3,5,7H,2H2,1H3. The van der Waals surface area contributed by atoms with E-state index in [1.807, 2.05) is 0 Å². The maximum absolute atomic E-state index is 12.8. The lowest BCUT2D eigenvalue weighted by molar-refractivity contribution is -0.385. The minimum Gasteiger partial charge on any atom is -0.456 e. The highest BCUT2D eigenvalue weighted by Gasteiger charge is 2.13. The van der Waals surface area contributed by atoms with Crippen molar-refractivity contribution in [3.8, 4) is 11.8 Å². The van der Waals surface area contributed by atoms with Crippen molar-refractivity contribution in [2.45, 2.75) is 6.92 Å². The van der Waals surface area contributed by atoms with Crippen molar-refractivity contribution in [3.63, 3.8) is 0 Å². The van der Waals surface area contributed by atoms with Gasteiger partial charge in [-0.25, -0.2) is 9.18 Å². The molecule has 1 aromatic carbocycles. The van der Waals surface area contributed by atoms with Gasteiger partial charge in [-0.05, 0) is 25.0 Å². The first-order valence-electron chi connectivity index (χ1n) is 4.67. The van der Waals surface area contributed by atoms with E-state index in [1.165, 1.54) is 0 Å². The van der Waals surface area contributed by atoms with Gasteiger partial charge in [0.2, 0.25) is 0 Å². The molecule has 1 rings (SSSR count). The largest absolute Gasteiger partial charge is 0.456 e. The zero-order chi connectivity index (χ0) is 12.8. The molecule has 0 spiro atoms. The fourth-order valence-electron chi connectivity index (χ4n) is 1.05. The Kier molecular flexibility index (Phi) is 4.17. The Morgan fingerprint density at radius 2 is 2.29 bits per heavy atom. The van der Waals surface area contributed by atoms with E-state index >= 15 is 0 Å². The number of benzene rings is 1. The Hall–Kier alpha value is -2.42. The molecular weight excluding hydrogens is 229 g/mol. The molecular formula is C11H8FNO4. The molecule has 0 aliphatic rings. The van der Waals surface area contributed by atoms with Gasteiger partial charge in [-0.3, -0.25) is 10.1 Å². The third-order valence-electron chi connectivity index (χ3n) is 1.73. The lowest BCUT2D eigenvalue weighted by atomic mass is 10.2. The maximum atomic E-state index is 12.8. The summed E-state index contributed by atoms with van der Waals surface area (Å²) in [4.78, 5) is 20.8. The van der Waals surface area contributed by atoms with Gasteiger partial charge in [0.05, 0.1) is 17.6 Å². The monoisotopic (exact) mass is 237 g/mol. The highest BCUT2D eigenvalue weighted by Crippen LogP contribution is 2.18. The zero-order valence-corrected chi connectivity index (χ0v) is 8.90. The zero-order valence-electron chi connectivity index (χ0n) is 8.90. The summed E-state index contributed by atoms with van der Waals surface area (Å²) in [5.74, 6) is 2.83. The number of hydrogen-bond acceptors (Lipinski definition) is 4. The molecule has 0 unspecified atom stereocenters. The number of rotatable bonds is 2. The van der Waals surface area contributed by atoms with Crippen LogP contribution in [-0.4, -0.2) is 17.5 Å². The second-order valence-corrected chi connectivity index (χ2v) is 2.89. The summed E-state index contributed by atoms with van der Waals surface area (Å²) in [6.45, 7) is 1.78. The number of nitro groups is 1. The Bertz CT molecular complexity index is 516. The number of ether oxygens (including phenoxy) is 1. The lowest BCUT2D eigenvalue weighted by Gasteiger charge is -1.95. The summed E-state index contributed by atoms with van der Waals surface area (Å²) in [5, 5.41) is 10.6. The summed E-state index contributed by atoms with van der Waals surface area (Å²) in [6.07, 6.45) is 0. The smallest absolute Gasteiger partial charge is 0.384 e. The molecule has 88 valence electrons. The Morgan fingerprint density at radius 1 is 1.59 bits per heavy atom. The van der Waals surface area contributed by atoms with Gasteiger partial charge >= 0.3 is 5.97 Å². The van der Waals surface area contributed by atoms with Gasteiger partial charge in [0.15, 0.2) is 0 Å². The number of carbonyl (C=O) groups excluding carboxylic acids is 1. The fraction of sp³-hybridized carbons (Fsp3) is 0.182. The molecule has 1 aromatic rings. The first-order chi connectivity index (χ1) is 8.04. The molecule has 0 amide bonds. The number of carbonyl (C=O) groups is 1. The van der Waals surface area contributed by atoms with Gasteiger partial charge in [-0.2, -0.15) is 0 Å². The van der Waals surface area contributed by atoms with Gasteiger partial charge in [0, 0.05) is 5.92 Å². The van der Waals surface area contributed by atoms with Crippen LogP contribution in [0.5, 0.6) is 0 Å². The van der Waals surface area contributed by atoms with Crippen molar-refractivity contribution < 1.29 is 18.8 Å². The molecule has 0 radical (unpaired) electrons. The fourth-order valence-corrected chi connectivity index (χ4v) is 1.05. The molecule has 0 heterocycles. The van der Waals surface area contributed by atoms with Gasteiger partial charge in [-0.15, -0.1) is 0 Å². The van der Waals surface area contributed by atoms with Gasteiger partial charge in [-0.1, -0.05) is 0 Å². The van der Waals surface area contributed by atoms with E-state index in [2.05, 4.69) is 16.6 Å². The summed E-state index contributed by atoms with van der Waals surface area (Å²) in [6, 6.07) is 2.91. The third kappa shape index (κ3) is 3.57. The minimum absolute atomic E-state index is 0.0375. The van der Waals surface area contributed by atoms with Crippen LogP contribution in [0.25, 0.3) is 0 Å². The van der Waals surface area contributed by atoms with Crippen LogP contribution in [0, 0.1) is 27.8 Å². The molecule has 0 fully saturated rings. The van der Waals surface area contributed by atoms with Crippen LogP contribution in [0.15, 0.2) is 18.2 Å². The predicted molar refractivity (Wildman–Crippen MR) is 56.6 cm³/mol. The minimum atomic E-state index is -0.786. The van der Waals surface area contributed by atoms with Crippen LogP contribution in [0.4, 0.5) is 10.1 Å². The van der Waals surface area contributed by atoms with Gasteiger partial charge < -0.3 is 4.74 Å². The van der Waals surface area contributed by atoms with Gasteiger partial charge in [0.25, 0.3) is 5.69 Å². The Balaban J connectivity index is 3.06. The van der Waals surface area contributed by atoms with Gasteiger partial charge in [0.1, 0.15) is 11.4 Å². The molecule has 0 aliphatic heterocycles. The van der Waals surface area contributed by atoms with E-state index in [4.69, 9.17) is 0 Å². The number of esters is 1.